The summed E-state index contributed by atoms with van der Waals surface area (Å²) >= 11 is 0. The summed E-state index contributed by atoms with van der Waals surface area (Å²) in [6, 6.07) is 11.7. The van der Waals surface area contributed by atoms with E-state index >= 15 is 0 Å². The molecular weight excluding hydrogens is 240 g/mol. The van der Waals surface area contributed by atoms with Crippen LogP contribution in [0.2, 0.25) is 0 Å². The lowest BCUT2D eigenvalue weighted by Gasteiger charge is -2.07. The zero-order valence-electron chi connectivity index (χ0n) is 10.2. The molecule has 0 bridgehead atoms. The number of pyridine rings is 1. The number of anilines is 1. The Hall–Kier alpha value is -2.56. The Morgan fingerprint density at radius 3 is 3.00 bits per heavy atom. The SMILES string of the molecule is Nc1ccc2nnc(C3COc4ccccc43)n2c1. The number of fused-ring (bicyclic) bond motifs is 2. The molecule has 19 heavy (non-hydrogen) atoms. The fourth-order valence-electron chi connectivity index (χ4n) is 2.54. The number of para-hydroxylation sites is 1. The van der Waals surface area contributed by atoms with Crippen molar-refractivity contribution in [2.75, 3.05) is 12.3 Å². The fraction of sp³-hybridized carbons (Fsp3) is 0.143. The molecule has 1 unspecified atom stereocenters. The van der Waals surface area contributed by atoms with Gasteiger partial charge in [-0.2, -0.15) is 0 Å². The average Bonchev–Trinajstić information content (AvgIpc) is 3.01. The van der Waals surface area contributed by atoms with Crippen LogP contribution in [0.1, 0.15) is 17.3 Å². The van der Waals surface area contributed by atoms with Crippen molar-refractivity contribution in [1.82, 2.24) is 14.6 Å². The zero-order valence-corrected chi connectivity index (χ0v) is 10.2. The lowest BCUT2D eigenvalue weighted by molar-refractivity contribution is 0.339. The molecule has 0 aliphatic carbocycles. The largest absolute Gasteiger partial charge is 0.492 e. The second-order valence-electron chi connectivity index (χ2n) is 4.65. The number of rotatable bonds is 1. The lowest BCUT2D eigenvalue weighted by Crippen LogP contribution is -2.07. The highest BCUT2D eigenvalue weighted by atomic mass is 16.5. The molecule has 0 saturated carbocycles. The zero-order chi connectivity index (χ0) is 12.8. The van der Waals surface area contributed by atoms with Gasteiger partial charge in [0.05, 0.1) is 5.92 Å². The summed E-state index contributed by atoms with van der Waals surface area (Å²) in [4.78, 5) is 0. The monoisotopic (exact) mass is 252 g/mol. The standard InChI is InChI=1S/C14H12N4O/c15-9-5-6-13-16-17-14(18(13)7-9)11-8-19-12-4-2-1-3-10(11)12/h1-7,11H,8,15H2. The number of nitrogens with two attached hydrogens (primary N) is 1. The van der Waals surface area contributed by atoms with E-state index in [1.54, 1.807) is 0 Å². The van der Waals surface area contributed by atoms with Gasteiger partial charge in [-0.1, -0.05) is 18.2 Å². The topological polar surface area (TPSA) is 65.4 Å². The molecular formula is C14H12N4O. The smallest absolute Gasteiger partial charge is 0.160 e. The second-order valence-corrected chi connectivity index (χ2v) is 4.65. The third-order valence-corrected chi connectivity index (χ3v) is 3.46. The average molecular weight is 252 g/mol. The number of aromatic nitrogens is 3. The van der Waals surface area contributed by atoms with Crippen LogP contribution < -0.4 is 10.5 Å². The second kappa shape index (κ2) is 3.71. The van der Waals surface area contributed by atoms with Crippen LogP contribution in [0.4, 0.5) is 5.69 Å². The van der Waals surface area contributed by atoms with Crippen molar-refractivity contribution in [2.24, 2.45) is 0 Å². The normalized spacial score (nSPS) is 17.4. The molecule has 2 N–H and O–H groups in total. The summed E-state index contributed by atoms with van der Waals surface area (Å²) in [6.45, 7) is 0.592. The maximum atomic E-state index is 5.84. The van der Waals surface area contributed by atoms with Crippen LogP contribution >= 0.6 is 0 Å². The lowest BCUT2D eigenvalue weighted by atomic mass is 10.0. The molecule has 5 heteroatoms. The van der Waals surface area contributed by atoms with E-state index in [1.165, 1.54) is 0 Å². The van der Waals surface area contributed by atoms with Gasteiger partial charge in [0.2, 0.25) is 0 Å². The number of ether oxygens (including phenoxy) is 1. The van der Waals surface area contributed by atoms with Gasteiger partial charge in [0, 0.05) is 17.4 Å². The van der Waals surface area contributed by atoms with Crippen molar-refractivity contribution in [2.45, 2.75) is 5.92 Å². The highest BCUT2D eigenvalue weighted by molar-refractivity contribution is 5.50. The molecule has 5 nitrogen and oxygen atoms in total. The summed E-state index contributed by atoms with van der Waals surface area (Å²) in [5.74, 6) is 1.90. The summed E-state index contributed by atoms with van der Waals surface area (Å²) in [5.41, 5.74) is 8.48. The van der Waals surface area contributed by atoms with Crippen LogP contribution in [0, 0.1) is 0 Å². The molecule has 94 valence electrons. The molecule has 1 aromatic carbocycles. The van der Waals surface area contributed by atoms with Gasteiger partial charge in [0.15, 0.2) is 5.65 Å². The molecule has 0 spiro atoms. The Morgan fingerprint density at radius 1 is 1.16 bits per heavy atom. The summed E-state index contributed by atoms with van der Waals surface area (Å²) in [6.07, 6.45) is 1.85. The Morgan fingerprint density at radius 2 is 2.05 bits per heavy atom. The van der Waals surface area contributed by atoms with Crippen LogP contribution in [0.5, 0.6) is 5.75 Å². The van der Waals surface area contributed by atoms with Gasteiger partial charge in [0.25, 0.3) is 0 Å². The van der Waals surface area contributed by atoms with Crippen molar-refractivity contribution in [3.05, 3.63) is 54.0 Å². The van der Waals surface area contributed by atoms with Gasteiger partial charge in [0.1, 0.15) is 18.2 Å². The van der Waals surface area contributed by atoms with E-state index in [2.05, 4.69) is 16.3 Å². The minimum atomic E-state index is 0.105. The van der Waals surface area contributed by atoms with E-state index in [0.717, 1.165) is 22.8 Å². The van der Waals surface area contributed by atoms with E-state index in [9.17, 15) is 0 Å². The minimum Gasteiger partial charge on any atom is -0.492 e. The van der Waals surface area contributed by atoms with E-state index in [1.807, 2.05) is 40.9 Å². The highest BCUT2D eigenvalue weighted by Crippen LogP contribution is 2.37. The third kappa shape index (κ3) is 1.48. The van der Waals surface area contributed by atoms with E-state index in [4.69, 9.17) is 10.5 Å². The summed E-state index contributed by atoms with van der Waals surface area (Å²) in [5, 5.41) is 8.47. The Kier molecular flexibility index (Phi) is 2.03. The summed E-state index contributed by atoms with van der Waals surface area (Å²) in [7, 11) is 0. The van der Waals surface area contributed by atoms with Crippen molar-refractivity contribution in [3.8, 4) is 5.75 Å². The number of nitrogens with zero attached hydrogens (tertiary/aromatic N) is 3. The first-order chi connectivity index (χ1) is 9.33. The molecule has 1 aliphatic heterocycles. The highest BCUT2D eigenvalue weighted by Gasteiger charge is 2.29. The quantitative estimate of drug-likeness (QED) is 0.717. The maximum Gasteiger partial charge on any atom is 0.160 e. The predicted octanol–water partition coefficient (Wildman–Crippen LogP) is 1.84. The van der Waals surface area contributed by atoms with Crippen molar-refractivity contribution in [3.63, 3.8) is 0 Å². The number of hydrogen-bond acceptors (Lipinski definition) is 4. The molecule has 0 amide bonds. The first-order valence-electron chi connectivity index (χ1n) is 6.15. The van der Waals surface area contributed by atoms with E-state index < -0.39 is 0 Å². The molecule has 1 aliphatic rings. The first kappa shape index (κ1) is 10.4. The molecule has 3 heterocycles. The van der Waals surface area contributed by atoms with Crippen molar-refractivity contribution < 1.29 is 4.74 Å². The van der Waals surface area contributed by atoms with Crippen LogP contribution in [0.25, 0.3) is 5.65 Å². The maximum absolute atomic E-state index is 5.84. The van der Waals surface area contributed by atoms with Gasteiger partial charge in [-0.15, -0.1) is 10.2 Å². The van der Waals surface area contributed by atoms with E-state index in [0.29, 0.717) is 12.3 Å². The fourth-order valence-corrected chi connectivity index (χ4v) is 2.54. The van der Waals surface area contributed by atoms with Crippen LogP contribution in [-0.4, -0.2) is 21.2 Å². The van der Waals surface area contributed by atoms with Gasteiger partial charge >= 0.3 is 0 Å². The summed E-state index contributed by atoms with van der Waals surface area (Å²) < 4.78 is 7.64. The van der Waals surface area contributed by atoms with Crippen molar-refractivity contribution in [1.29, 1.82) is 0 Å². The molecule has 0 saturated heterocycles. The van der Waals surface area contributed by atoms with Crippen LogP contribution in [0.3, 0.4) is 0 Å². The van der Waals surface area contributed by atoms with Crippen LogP contribution in [-0.2, 0) is 0 Å². The van der Waals surface area contributed by atoms with Gasteiger partial charge in [-0.3, -0.25) is 4.40 Å². The molecule has 4 rings (SSSR count). The number of benzene rings is 1. The predicted molar refractivity (Wildman–Crippen MR) is 71.2 cm³/mol. The minimum absolute atomic E-state index is 0.105. The van der Waals surface area contributed by atoms with E-state index in [-0.39, 0.29) is 5.92 Å². The first-order valence-corrected chi connectivity index (χ1v) is 6.15. The number of nitrogen functional groups attached to an aromatic ring is 1. The number of hydrogen-bond donors (Lipinski definition) is 1. The van der Waals surface area contributed by atoms with Gasteiger partial charge < -0.3 is 10.5 Å². The third-order valence-electron chi connectivity index (χ3n) is 3.46. The Labute approximate surface area is 109 Å². The molecule has 0 radical (unpaired) electrons. The van der Waals surface area contributed by atoms with Crippen LogP contribution in [0.15, 0.2) is 42.6 Å². The van der Waals surface area contributed by atoms with Gasteiger partial charge in [-0.05, 0) is 18.2 Å². The Balaban J connectivity index is 1.90. The molecule has 1 atom stereocenters. The molecule has 2 aromatic heterocycles. The Bertz CT molecular complexity index is 765. The molecule has 0 fully saturated rings. The van der Waals surface area contributed by atoms with Crippen molar-refractivity contribution >= 4 is 11.3 Å². The van der Waals surface area contributed by atoms with Gasteiger partial charge in [-0.25, -0.2) is 0 Å². The molecule has 3 aromatic rings.